The van der Waals surface area contributed by atoms with Crippen molar-refractivity contribution in [3.8, 4) is 16.9 Å². The summed E-state index contributed by atoms with van der Waals surface area (Å²) < 4.78 is 14.8. The van der Waals surface area contributed by atoms with Crippen LogP contribution in [0.1, 0.15) is 29.8 Å². The number of phenols is 1. The summed E-state index contributed by atoms with van der Waals surface area (Å²) in [7, 11) is 0. The Bertz CT molecular complexity index is 1120. The van der Waals surface area contributed by atoms with Crippen LogP contribution in [0.25, 0.3) is 11.1 Å². The van der Waals surface area contributed by atoms with E-state index < -0.39 is 0 Å². The highest BCUT2D eigenvalue weighted by Gasteiger charge is 2.19. The topological polar surface area (TPSA) is 47.0 Å². The van der Waals surface area contributed by atoms with E-state index in [2.05, 4.69) is 9.80 Å². The smallest absolute Gasteiger partial charge is 0.253 e. The average Bonchev–Trinajstić information content (AvgIpc) is 2.85. The molecule has 178 valence electrons. The van der Waals surface area contributed by atoms with Crippen molar-refractivity contribution in [2.45, 2.75) is 20.4 Å². The summed E-state index contributed by atoms with van der Waals surface area (Å²) in [6.07, 6.45) is 0. The second kappa shape index (κ2) is 10.7. The van der Waals surface area contributed by atoms with E-state index in [0.29, 0.717) is 30.8 Å². The molecule has 0 unspecified atom stereocenters. The van der Waals surface area contributed by atoms with Gasteiger partial charge in [0.15, 0.2) is 0 Å². The average molecular weight is 462 g/mol. The van der Waals surface area contributed by atoms with Crippen molar-refractivity contribution < 1.29 is 14.3 Å². The lowest BCUT2D eigenvalue weighted by Crippen LogP contribution is -2.46. The van der Waals surface area contributed by atoms with Gasteiger partial charge < -0.3 is 14.9 Å². The molecule has 1 heterocycles. The molecular weight excluding hydrogens is 429 g/mol. The Morgan fingerprint density at radius 2 is 1.65 bits per heavy atom. The maximum atomic E-state index is 14.8. The predicted octanol–water partition coefficient (Wildman–Crippen LogP) is 5.00. The first kappa shape index (κ1) is 23.8. The van der Waals surface area contributed by atoms with Crippen LogP contribution in [0.4, 0.5) is 10.1 Å². The molecule has 3 aromatic rings. The number of halogens is 1. The van der Waals surface area contributed by atoms with Crippen molar-refractivity contribution >= 4 is 11.6 Å². The lowest BCUT2D eigenvalue weighted by molar-refractivity contribution is 0.0773. The third-order valence-electron chi connectivity index (χ3n) is 6.50. The standard InChI is InChI=1S/C28H32FN3O2/c1-3-31(4-2)28(34)22-9-11-24(12-10-22)32-16-14-30(15-17-32)20-21-8-13-26(27(29)18-21)23-6-5-7-25(33)19-23/h5-13,18-19,33H,3-4,14-17,20H2,1-2H3. The number of nitrogens with zero attached hydrogens (tertiary/aromatic N) is 3. The van der Waals surface area contributed by atoms with Gasteiger partial charge >= 0.3 is 0 Å². The molecule has 1 amide bonds. The van der Waals surface area contributed by atoms with Crippen LogP contribution in [0.2, 0.25) is 0 Å². The van der Waals surface area contributed by atoms with Gasteiger partial charge in [0.2, 0.25) is 0 Å². The molecule has 0 radical (unpaired) electrons. The van der Waals surface area contributed by atoms with Crippen LogP contribution in [0, 0.1) is 5.82 Å². The van der Waals surface area contributed by atoms with Gasteiger partial charge in [-0.2, -0.15) is 0 Å². The predicted molar refractivity (Wildman–Crippen MR) is 135 cm³/mol. The van der Waals surface area contributed by atoms with Gasteiger partial charge in [0.25, 0.3) is 5.91 Å². The normalized spacial score (nSPS) is 14.3. The lowest BCUT2D eigenvalue weighted by Gasteiger charge is -2.36. The van der Waals surface area contributed by atoms with E-state index in [1.165, 1.54) is 0 Å². The second-order valence-corrected chi connectivity index (χ2v) is 8.65. The van der Waals surface area contributed by atoms with E-state index >= 15 is 0 Å². The summed E-state index contributed by atoms with van der Waals surface area (Å²) >= 11 is 0. The SMILES string of the molecule is CCN(CC)C(=O)c1ccc(N2CCN(Cc3ccc(-c4cccc(O)c4)c(F)c3)CC2)cc1. The summed E-state index contributed by atoms with van der Waals surface area (Å²) in [5, 5.41) is 9.67. The van der Waals surface area contributed by atoms with Crippen LogP contribution in [0.5, 0.6) is 5.75 Å². The first-order valence-corrected chi connectivity index (χ1v) is 11.9. The maximum Gasteiger partial charge on any atom is 0.253 e. The fourth-order valence-corrected chi connectivity index (χ4v) is 4.50. The van der Waals surface area contributed by atoms with Gasteiger partial charge in [0, 0.05) is 62.6 Å². The lowest BCUT2D eigenvalue weighted by atomic mass is 10.0. The van der Waals surface area contributed by atoms with Gasteiger partial charge in [-0.15, -0.1) is 0 Å². The number of hydrogen-bond acceptors (Lipinski definition) is 4. The molecule has 6 heteroatoms. The van der Waals surface area contributed by atoms with Gasteiger partial charge in [0.1, 0.15) is 11.6 Å². The molecule has 0 spiro atoms. The minimum atomic E-state index is -0.277. The Labute approximate surface area is 201 Å². The van der Waals surface area contributed by atoms with E-state index in [1.807, 2.05) is 49.1 Å². The van der Waals surface area contributed by atoms with Gasteiger partial charge in [-0.25, -0.2) is 4.39 Å². The molecular formula is C28H32FN3O2. The molecule has 1 aliphatic rings. The monoisotopic (exact) mass is 461 g/mol. The largest absolute Gasteiger partial charge is 0.508 e. The highest BCUT2D eigenvalue weighted by Crippen LogP contribution is 2.27. The first-order valence-electron chi connectivity index (χ1n) is 11.9. The van der Waals surface area contributed by atoms with Crippen molar-refractivity contribution in [2.24, 2.45) is 0 Å². The molecule has 5 nitrogen and oxygen atoms in total. The number of anilines is 1. The molecule has 0 bridgehead atoms. The summed E-state index contributed by atoms with van der Waals surface area (Å²) in [6.45, 7) is 9.64. The van der Waals surface area contributed by atoms with Crippen molar-refractivity contribution in [3.05, 3.63) is 83.7 Å². The Balaban J connectivity index is 1.33. The molecule has 1 saturated heterocycles. The molecule has 34 heavy (non-hydrogen) atoms. The van der Waals surface area contributed by atoms with E-state index in [1.54, 1.807) is 36.4 Å². The highest BCUT2D eigenvalue weighted by atomic mass is 19.1. The first-order chi connectivity index (χ1) is 16.5. The molecule has 1 fully saturated rings. The highest BCUT2D eigenvalue weighted by molar-refractivity contribution is 5.94. The molecule has 3 aromatic carbocycles. The van der Waals surface area contributed by atoms with Crippen LogP contribution in [-0.4, -0.2) is 60.1 Å². The Kier molecular flexibility index (Phi) is 7.48. The molecule has 0 saturated carbocycles. The van der Waals surface area contributed by atoms with Crippen molar-refractivity contribution in [1.82, 2.24) is 9.80 Å². The summed E-state index contributed by atoms with van der Waals surface area (Å²) in [5.74, 6) is -0.0752. The Morgan fingerprint density at radius 3 is 2.26 bits per heavy atom. The van der Waals surface area contributed by atoms with Gasteiger partial charge in [-0.1, -0.05) is 24.3 Å². The Morgan fingerprint density at radius 1 is 0.941 bits per heavy atom. The molecule has 4 rings (SSSR count). The molecule has 0 aliphatic carbocycles. The molecule has 1 N–H and O–H groups in total. The molecule has 0 aromatic heterocycles. The van der Waals surface area contributed by atoms with Crippen LogP contribution in [0.3, 0.4) is 0 Å². The minimum Gasteiger partial charge on any atom is -0.508 e. The van der Waals surface area contributed by atoms with Gasteiger partial charge in [0.05, 0.1) is 0 Å². The number of phenolic OH excluding ortho intramolecular Hbond substituents is 1. The minimum absolute atomic E-state index is 0.0729. The number of rotatable bonds is 7. The fourth-order valence-electron chi connectivity index (χ4n) is 4.50. The number of piperazine rings is 1. The zero-order chi connectivity index (χ0) is 24.1. The van der Waals surface area contributed by atoms with Crippen LogP contribution in [0.15, 0.2) is 66.7 Å². The number of aromatic hydroxyl groups is 1. The van der Waals surface area contributed by atoms with Crippen LogP contribution < -0.4 is 4.90 Å². The van der Waals surface area contributed by atoms with E-state index in [4.69, 9.17) is 0 Å². The van der Waals surface area contributed by atoms with E-state index in [0.717, 1.165) is 43.0 Å². The zero-order valence-electron chi connectivity index (χ0n) is 19.9. The van der Waals surface area contributed by atoms with E-state index in [9.17, 15) is 14.3 Å². The Hall–Kier alpha value is -3.38. The van der Waals surface area contributed by atoms with Crippen molar-refractivity contribution in [1.29, 1.82) is 0 Å². The van der Waals surface area contributed by atoms with E-state index in [-0.39, 0.29) is 17.5 Å². The number of amides is 1. The van der Waals surface area contributed by atoms with Crippen molar-refractivity contribution in [2.75, 3.05) is 44.2 Å². The second-order valence-electron chi connectivity index (χ2n) is 8.65. The van der Waals surface area contributed by atoms with Crippen LogP contribution in [-0.2, 0) is 6.54 Å². The molecule has 0 atom stereocenters. The number of carbonyl (C=O) groups excluding carboxylic acids is 1. The van der Waals surface area contributed by atoms with Crippen LogP contribution >= 0.6 is 0 Å². The summed E-state index contributed by atoms with van der Waals surface area (Å²) in [6, 6.07) is 19.9. The summed E-state index contributed by atoms with van der Waals surface area (Å²) in [5.41, 5.74) is 3.95. The number of hydrogen-bond donors (Lipinski definition) is 1. The maximum absolute atomic E-state index is 14.8. The number of carbonyl (C=O) groups is 1. The quantitative estimate of drug-likeness (QED) is 0.538. The zero-order valence-corrected chi connectivity index (χ0v) is 19.9. The van der Waals surface area contributed by atoms with Gasteiger partial charge in [-0.05, 0) is 67.4 Å². The molecule has 1 aliphatic heterocycles. The third kappa shape index (κ3) is 5.39. The fraction of sp³-hybridized carbons (Fsp3) is 0.321. The van der Waals surface area contributed by atoms with Gasteiger partial charge in [-0.3, -0.25) is 9.69 Å². The number of benzene rings is 3. The van der Waals surface area contributed by atoms with Crippen molar-refractivity contribution in [3.63, 3.8) is 0 Å². The third-order valence-corrected chi connectivity index (χ3v) is 6.50. The summed E-state index contributed by atoms with van der Waals surface area (Å²) in [4.78, 5) is 19.0.